The summed E-state index contributed by atoms with van der Waals surface area (Å²) >= 11 is 0. The van der Waals surface area contributed by atoms with E-state index in [2.05, 4.69) is 0 Å². The van der Waals surface area contributed by atoms with Gasteiger partial charge in [-0.05, 0) is 31.6 Å². The van der Waals surface area contributed by atoms with E-state index in [1.165, 1.54) is 9.80 Å². The van der Waals surface area contributed by atoms with Crippen LogP contribution in [0.15, 0.2) is 0 Å². The minimum Gasteiger partial charge on any atom is -0.383 e. The maximum atomic E-state index is 12.6. The molecule has 2 aliphatic rings. The molecule has 152 valence electrons. The molecule has 8 heteroatoms. The van der Waals surface area contributed by atoms with Crippen molar-refractivity contribution in [3.63, 3.8) is 0 Å². The minimum absolute atomic E-state index is 0.0611. The largest absolute Gasteiger partial charge is 0.383 e. The summed E-state index contributed by atoms with van der Waals surface area (Å²) in [7, 11) is 0. The number of fused-ring (bicyclic) bond motifs is 1. The third-order valence-corrected chi connectivity index (χ3v) is 5.61. The summed E-state index contributed by atoms with van der Waals surface area (Å²) in [6, 6.07) is -1.00. The Morgan fingerprint density at radius 3 is 2.41 bits per heavy atom. The Morgan fingerprint density at radius 2 is 1.81 bits per heavy atom. The number of nitrogens with two attached hydrogens (primary N) is 1. The number of Topliss-reactive ketones (excluding diaryl/α,β-unsaturated/α-hetero) is 1. The fourth-order valence-corrected chi connectivity index (χ4v) is 3.82. The first-order valence-corrected chi connectivity index (χ1v) is 9.73. The first-order chi connectivity index (χ1) is 12.6. The van der Waals surface area contributed by atoms with Crippen molar-refractivity contribution in [2.24, 2.45) is 17.6 Å². The molecule has 2 heterocycles. The van der Waals surface area contributed by atoms with Gasteiger partial charge in [-0.25, -0.2) is 0 Å². The summed E-state index contributed by atoms with van der Waals surface area (Å²) in [5.74, 6) is -1.26. The Balaban J connectivity index is 1.98. The van der Waals surface area contributed by atoms with Crippen LogP contribution in [-0.2, 0) is 19.2 Å². The van der Waals surface area contributed by atoms with Gasteiger partial charge in [0, 0.05) is 18.9 Å². The lowest BCUT2D eigenvalue weighted by Gasteiger charge is -2.26. The Labute approximate surface area is 160 Å². The highest BCUT2D eigenvalue weighted by atomic mass is 16.3. The number of aliphatic hydroxyl groups excluding tert-OH is 1. The van der Waals surface area contributed by atoms with E-state index < -0.39 is 29.9 Å². The molecule has 27 heavy (non-hydrogen) atoms. The molecule has 2 saturated heterocycles. The number of likely N-dealkylation sites (tertiary alicyclic amines) is 2. The third-order valence-electron chi connectivity index (χ3n) is 5.61. The lowest BCUT2D eigenvalue weighted by atomic mass is 10.0. The number of amides is 3. The van der Waals surface area contributed by atoms with Crippen LogP contribution in [0.25, 0.3) is 0 Å². The molecule has 0 spiro atoms. The first kappa shape index (κ1) is 21.3. The van der Waals surface area contributed by atoms with Gasteiger partial charge in [-0.1, -0.05) is 20.8 Å². The van der Waals surface area contributed by atoms with Crippen molar-refractivity contribution in [1.82, 2.24) is 9.80 Å². The molecule has 0 aromatic carbocycles. The molecule has 0 aromatic rings. The number of aliphatic hydroxyl groups is 1. The smallest absolute Gasteiger partial charge is 0.252 e. The molecule has 2 aliphatic heterocycles. The van der Waals surface area contributed by atoms with Crippen molar-refractivity contribution in [2.45, 2.75) is 71.1 Å². The van der Waals surface area contributed by atoms with Gasteiger partial charge in [-0.3, -0.25) is 19.2 Å². The minimum atomic E-state index is -1.11. The number of carbonyl (C=O) groups excluding carboxylic acids is 4. The van der Waals surface area contributed by atoms with Crippen LogP contribution >= 0.6 is 0 Å². The standard InChI is InChI=1S/C19H31N3O5/c1-11(2)4-6-14(23)19(27)22-10-15(24)17-13(22)8-9-21(17)16(25)7-5-12(3)18(20)26/h11-14,17,23H,4-10H2,1-3H3,(H2,20,26). The van der Waals surface area contributed by atoms with E-state index in [0.29, 0.717) is 31.7 Å². The van der Waals surface area contributed by atoms with Crippen LogP contribution in [0.4, 0.5) is 0 Å². The summed E-state index contributed by atoms with van der Waals surface area (Å²) < 4.78 is 0. The van der Waals surface area contributed by atoms with Crippen LogP contribution < -0.4 is 5.73 Å². The van der Waals surface area contributed by atoms with E-state index in [4.69, 9.17) is 5.73 Å². The highest BCUT2D eigenvalue weighted by Crippen LogP contribution is 2.31. The molecule has 4 atom stereocenters. The van der Waals surface area contributed by atoms with Crippen LogP contribution in [0.3, 0.4) is 0 Å². The number of hydrogen-bond donors (Lipinski definition) is 2. The Hall–Kier alpha value is -1.96. The SMILES string of the molecule is CC(C)CCC(O)C(=O)N1CC(=O)C2C1CCN2C(=O)CCC(C)C(N)=O. The molecule has 4 unspecified atom stereocenters. The van der Waals surface area contributed by atoms with Gasteiger partial charge in [0.1, 0.15) is 12.1 Å². The molecule has 0 aromatic heterocycles. The van der Waals surface area contributed by atoms with Crippen molar-refractivity contribution in [3.05, 3.63) is 0 Å². The molecule has 3 amide bonds. The van der Waals surface area contributed by atoms with E-state index in [-0.39, 0.29) is 30.7 Å². The summed E-state index contributed by atoms with van der Waals surface area (Å²) in [4.78, 5) is 51.7. The fourth-order valence-electron chi connectivity index (χ4n) is 3.82. The summed E-state index contributed by atoms with van der Waals surface area (Å²) in [6.07, 6.45) is 0.992. The van der Waals surface area contributed by atoms with Crippen molar-refractivity contribution in [3.8, 4) is 0 Å². The van der Waals surface area contributed by atoms with Crippen LogP contribution in [0.5, 0.6) is 0 Å². The Kier molecular flexibility index (Phi) is 6.97. The van der Waals surface area contributed by atoms with Gasteiger partial charge < -0.3 is 20.6 Å². The maximum Gasteiger partial charge on any atom is 0.252 e. The van der Waals surface area contributed by atoms with Crippen LogP contribution in [0.1, 0.15) is 52.9 Å². The summed E-state index contributed by atoms with van der Waals surface area (Å²) in [5.41, 5.74) is 5.22. The van der Waals surface area contributed by atoms with Gasteiger partial charge >= 0.3 is 0 Å². The number of nitrogens with zero attached hydrogens (tertiary/aromatic N) is 2. The van der Waals surface area contributed by atoms with E-state index in [9.17, 15) is 24.3 Å². The summed E-state index contributed by atoms with van der Waals surface area (Å²) in [5, 5.41) is 10.2. The second-order valence-electron chi connectivity index (χ2n) is 8.15. The Bertz CT molecular complexity index is 606. The molecule has 0 aliphatic carbocycles. The molecule has 2 fully saturated rings. The molecule has 0 bridgehead atoms. The lowest BCUT2D eigenvalue weighted by molar-refractivity contribution is -0.142. The van der Waals surface area contributed by atoms with Crippen LogP contribution in [0.2, 0.25) is 0 Å². The predicted molar refractivity (Wildman–Crippen MR) is 98.3 cm³/mol. The molecule has 3 N–H and O–H groups in total. The molecule has 2 rings (SSSR count). The molecule has 8 nitrogen and oxygen atoms in total. The van der Waals surface area contributed by atoms with Gasteiger partial charge in [0.15, 0.2) is 5.78 Å². The number of primary amides is 1. The zero-order chi connectivity index (χ0) is 20.3. The first-order valence-electron chi connectivity index (χ1n) is 9.73. The number of carbonyl (C=O) groups is 4. The van der Waals surface area contributed by atoms with Crippen LogP contribution in [-0.4, -0.2) is 69.7 Å². The fraction of sp³-hybridized carbons (Fsp3) is 0.789. The quantitative estimate of drug-likeness (QED) is 0.616. The van der Waals surface area contributed by atoms with Crippen molar-refractivity contribution in [2.75, 3.05) is 13.1 Å². The van der Waals surface area contributed by atoms with Crippen molar-refractivity contribution in [1.29, 1.82) is 0 Å². The number of ketones is 1. The second-order valence-corrected chi connectivity index (χ2v) is 8.15. The van der Waals surface area contributed by atoms with Gasteiger partial charge in [0.2, 0.25) is 11.8 Å². The third kappa shape index (κ3) is 4.86. The monoisotopic (exact) mass is 381 g/mol. The van der Waals surface area contributed by atoms with E-state index >= 15 is 0 Å². The summed E-state index contributed by atoms with van der Waals surface area (Å²) in [6.45, 7) is 6.05. The second kappa shape index (κ2) is 8.82. The zero-order valence-corrected chi connectivity index (χ0v) is 16.4. The lowest BCUT2D eigenvalue weighted by Crippen LogP contribution is -2.45. The molecule has 0 saturated carbocycles. The van der Waals surface area contributed by atoms with Crippen molar-refractivity contribution >= 4 is 23.5 Å². The van der Waals surface area contributed by atoms with Gasteiger partial charge in [0.25, 0.3) is 5.91 Å². The predicted octanol–water partition coefficient (Wildman–Crippen LogP) is 0.0659. The Morgan fingerprint density at radius 1 is 1.15 bits per heavy atom. The van der Waals surface area contributed by atoms with E-state index in [0.717, 1.165) is 6.42 Å². The molecular formula is C19H31N3O5. The molecular weight excluding hydrogens is 350 g/mol. The maximum absolute atomic E-state index is 12.6. The van der Waals surface area contributed by atoms with Gasteiger partial charge in [-0.2, -0.15) is 0 Å². The van der Waals surface area contributed by atoms with E-state index in [1.807, 2.05) is 13.8 Å². The van der Waals surface area contributed by atoms with Gasteiger partial charge in [-0.15, -0.1) is 0 Å². The topological polar surface area (TPSA) is 121 Å². The normalized spacial score (nSPS) is 24.3. The average Bonchev–Trinajstić information content (AvgIpc) is 3.18. The molecule has 0 radical (unpaired) electrons. The zero-order valence-electron chi connectivity index (χ0n) is 16.4. The number of rotatable bonds is 8. The van der Waals surface area contributed by atoms with E-state index in [1.54, 1.807) is 6.92 Å². The van der Waals surface area contributed by atoms with Crippen molar-refractivity contribution < 1.29 is 24.3 Å². The van der Waals surface area contributed by atoms with Gasteiger partial charge in [0.05, 0.1) is 12.6 Å². The highest BCUT2D eigenvalue weighted by molar-refractivity contribution is 5.98. The average molecular weight is 381 g/mol. The van der Waals surface area contributed by atoms with Crippen LogP contribution in [0, 0.1) is 11.8 Å². The number of hydrogen-bond acceptors (Lipinski definition) is 5. The highest BCUT2D eigenvalue weighted by Gasteiger charge is 2.51.